The first-order valence-electron chi connectivity index (χ1n) is 2.96. The van der Waals surface area contributed by atoms with Crippen LogP contribution < -0.4 is 0 Å². The molecule has 0 aromatic carbocycles. The zero-order valence-electron chi connectivity index (χ0n) is 5.53. The van der Waals surface area contributed by atoms with E-state index in [0.717, 1.165) is 11.2 Å². The molecule has 0 spiro atoms. The fourth-order valence-electron chi connectivity index (χ4n) is 0.655. The van der Waals surface area contributed by atoms with Crippen molar-refractivity contribution in [1.82, 2.24) is 9.55 Å². The van der Waals surface area contributed by atoms with Crippen LogP contribution in [-0.4, -0.2) is 9.55 Å². The Kier molecular flexibility index (Phi) is 2.34. The fraction of sp³-hybridized carbons (Fsp3) is 0.143. The SMILES string of the molecule is C=CCn1cnccc1=S. The number of hydrogen-bond donors (Lipinski definition) is 0. The third-order valence-electron chi connectivity index (χ3n) is 1.12. The largest absolute Gasteiger partial charge is 0.320 e. The van der Waals surface area contributed by atoms with Crippen molar-refractivity contribution >= 4 is 12.2 Å². The molecule has 1 heterocycles. The Hall–Kier alpha value is -0.960. The molecule has 1 aromatic rings. The average molecular weight is 152 g/mol. The van der Waals surface area contributed by atoms with Gasteiger partial charge in [0, 0.05) is 12.7 Å². The van der Waals surface area contributed by atoms with E-state index in [1.807, 2.05) is 4.57 Å². The summed E-state index contributed by atoms with van der Waals surface area (Å²) in [5.74, 6) is 0. The van der Waals surface area contributed by atoms with Crippen LogP contribution in [0.2, 0.25) is 0 Å². The molecule has 0 aliphatic carbocycles. The van der Waals surface area contributed by atoms with Crippen LogP contribution in [-0.2, 0) is 6.54 Å². The lowest BCUT2D eigenvalue weighted by Gasteiger charge is -1.98. The van der Waals surface area contributed by atoms with Crippen molar-refractivity contribution in [2.24, 2.45) is 0 Å². The summed E-state index contributed by atoms with van der Waals surface area (Å²) in [5.41, 5.74) is 0. The van der Waals surface area contributed by atoms with Crippen LogP contribution in [0.5, 0.6) is 0 Å². The highest BCUT2D eigenvalue weighted by Gasteiger charge is 1.84. The maximum absolute atomic E-state index is 4.99. The first kappa shape index (κ1) is 7.15. The van der Waals surface area contributed by atoms with Gasteiger partial charge < -0.3 is 4.57 Å². The van der Waals surface area contributed by atoms with E-state index < -0.39 is 0 Å². The molecule has 0 unspecified atom stereocenters. The van der Waals surface area contributed by atoms with Crippen LogP contribution in [0.1, 0.15) is 0 Å². The highest BCUT2D eigenvalue weighted by molar-refractivity contribution is 7.71. The van der Waals surface area contributed by atoms with E-state index in [-0.39, 0.29) is 0 Å². The van der Waals surface area contributed by atoms with Crippen molar-refractivity contribution < 1.29 is 0 Å². The molecule has 0 fully saturated rings. The Morgan fingerprint density at radius 1 is 1.80 bits per heavy atom. The zero-order valence-corrected chi connectivity index (χ0v) is 6.34. The second kappa shape index (κ2) is 3.27. The molecule has 0 bridgehead atoms. The molecular weight excluding hydrogens is 144 g/mol. The Morgan fingerprint density at radius 2 is 2.60 bits per heavy atom. The molecule has 1 rings (SSSR count). The maximum atomic E-state index is 4.99. The predicted octanol–water partition coefficient (Wildman–Crippen LogP) is 1.80. The fourth-order valence-corrected chi connectivity index (χ4v) is 0.837. The van der Waals surface area contributed by atoms with Crippen LogP contribution in [0, 0.1) is 4.64 Å². The Balaban J connectivity index is 3.03. The van der Waals surface area contributed by atoms with E-state index in [9.17, 15) is 0 Å². The second-order valence-electron chi connectivity index (χ2n) is 1.86. The molecule has 0 radical (unpaired) electrons. The molecule has 0 N–H and O–H groups in total. The Bertz CT molecular complexity index is 277. The van der Waals surface area contributed by atoms with Crippen LogP contribution >= 0.6 is 12.2 Å². The van der Waals surface area contributed by atoms with Crippen LogP contribution in [0.15, 0.2) is 31.2 Å². The van der Waals surface area contributed by atoms with Crippen molar-refractivity contribution in [3.63, 3.8) is 0 Å². The van der Waals surface area contributed by atoms with Crippen molar-refractivity contribution in [2.75, 3.05) is 0 Å². The Morgan fingerprint density at radius 3 is 3.20 bits per heavy atom. The molecule has 52 valence electrons. The highest BCUT2D eigenvalue weighted by Crippen LogP contribution is 1.89. The van der Waals surface area contributed by atoms with Crippen LogP contribution in [0.4, 0.5) is 0 Å². The minimum atomic E-state index is 0.729. The van der Waals surface area contributed by atoms with E-state index in [4.69, 9.17) is 12.2 Å². The molecular formula is C7H8N2S. The lowest BCUT2D eigenvalue weighted by atomic mass is 10.6. The van der Waals surface area contributed by atoms with Gasteiger partial charge in [-0.3, -0.25) is 0 Å². The number of aromatic nitrogens is 2. The summed E-state index contributed by atoms with van der Waals surface area (Å²) in [5, 5.41) is 0. The maximum Gasteiger partial charge on any atom is 0.108 e. The number of allylic oxidation sites excluding steroid dienone is 1. The van der Waals surface area contributed by atoms with Gasteiger partial charge in [-0.1, -0.05) is 18.3 Å². The van der Waals surface area contributed by atoms with E-state index in [1.54, 1.807) is 24.7 Å². The summed E-state index contributed by atoms with van der Waals surface area (Å²) in [6.07, 6.45) is 5.17. The lowest BCUT2D eigenvalue weighted by Crippen LogP contribution is -1.97. The van der Waals surface area contributed by atoms with Gasteiger partial charge in [-0.05, 0) is 6.07 Å². The minimum Gasteiger partial charge on any atom is -0.320 e. The smallest absolute Gasteiger partial charge is 0.108 e. The molecule has 0 aliphatic heterocycles. The molecule has 0 atom stereocenters. The number of nitrogens with zero attached hydrogens (tertiary/aromatic N) is 2. The van der Waals surface area contributed by atoms with Crippen molar-refractivity contribution in [3.05, 3.63) is 35.9 Å². The van der Waals surface area contributed by atoms with Crippen molar-refractivity contribution in [1.29, 1.82) is 0 Å². The molecule has 10 heavy (non-hydrogen) atoms. The van der Waals surface area contributed by atoms with E-state index >= 15 is 0 Å². The van der Waals surface area contributed by atoms with Gasteiger partial charge in [-0.15, -0.1) is 6.58 Å². The summed E-state index contributed by atoms with van der Waals surface area (Å²) in [6, 6.07) is 1.79. The van der Waals surface area contributed by atoms with Gasteiger partial charge in [0.1, 0.15) is 4.64 Å². The summed E-state index contributed by atoms with van der Waals surface area (Å²) < 4.78 is 2.64. The average Bonchev–Trinajstić information content (AvgIpc) is 1.94. The molecule has 0 amide bonds. The molecule has 0 saturated carbocycles. The summed E-state index contributed by atoms with van der Waals surface area (Å²) in [7, 11) is 0. The van der Waals surface area contributed by atoms with Gasteiger partial charge in [-0.25, -0.2) is 4.98 Å². The van der Waals surface area contributed by atoms with Crippen molar-refractivity contribution in [3.8, 4) is 0 Å². The first-order valence-corrected chi connectivity index (χ1v) is 3.37. The minimum absolute atomic E-state index is 0.729. The monoisotopic (exact) mass is 152 g/mol. The third-order valence-corrected chi connectivity index (χ3v) is 1.49. The van der Waals surface area contributed by atoms with Gasteiger partial charge in [0.15, 0.2) is 0 Å². The zero-order chi connectivity index (χ0) is 7.40. The van der Waals surface area contributed by atoms with Crippen molar-refractivity contribution in [2.45, 2.75) is 6.54 Å². The van der Waals surface area contributed by atoms with Gasteiger partial charge in [0.05, 0.1) is 6.33 Å². The van der Waals surface area contributed by atoms with Gasteiger partial charge >= 0.3 is 0 Å². The molecule has 0 aliphatic rings. The third kappa shape index (κ3) is 1.51. The summed E-state index contributed by atoms with van der Waals surface area (Å²) >= 11 is 4.99. The number of hydrogen-bond acceptors (Lipinski definition) is 2. The predicted molar refractivity (Wildman–Crippen MR) is 43.3 cm³/mol. The van der Waals surface area contributed by atoms with Gasteiger partial charge in [0.2, 0.25) is 0 Å². The van der Waals surface area contributed by atoms with Crippen LogP contribution in [0.3, 0.4) is 0 Å². The van der Waals surface area contributed by atoms with Gasteiger partial charge in [0.25, 0.3) is 0 Å². The quantitative estimate of drug-likeness (QED) is 0.475. The summed E-state index contributed by atoms with van der Waals surface area (Å²) in [6.45, 7) is 4.33. The molecule has 0 saturated heterocycles. The highest BCUT2D eigenvalue weighted by atomic mass is 32.1. The molecule has 3 heteroatoms. The number of rotatable bonds is 2. The first-order chi connectivity index (χ1) is 4.84. The molecule has 1 aromatic heterocycles. The lowest BCUT2D eigenvalue weighted by molar-refractivity contribution is 0.774. The standard InChI is InChI=1S/C7H8N2S/c1-2-5-9-6-8-4-3-7(9)10/h2-4,6H,1,5H2. The Labute approximate surface area is 64.8 Å². The van der Waals surface area contributed by atoms with E-state index in [0.29, 0.717) is 0 Å². The molecule has 2 nitrogen and oxygen atoms in total. The van der Waals surface area contributed by atoms with E-state index in [1.165, 1.54) is 0 Å². The van der Waals surface area contributed by atoms with Gasteiger partial charge in [-0.2, -0.15) is 0 Å². The van der Waals surface area contributed by atoms with E-state index in [2.05, 4.69) is 11.6 Å². The second-order valence-corrected chi connectivity index (χ2v) is 2.28. The topological polar surface area (TPSA) is 17.8 Å². The van der Waals surface area contributed by atoms with Crippen LogP contribution in [0.25, 0.3) is 0 Å². The normalized spacial score (nSPS) is 9.20. The summed E-state index contributed by atoms with van der Waals surface area (Å²) in [4.78, 5) is 3.91.